The van der Waals surface area contributed by atoms with Crippen LogP contribution < -0.4 is 4.90 Å². The van der Waals surface area contributed by atoms with Gasteiger partial charge in [0.15, 0.2) is 0 Å². The second kappa shape index (κ2) is 7.59. The highest BCUT2D eigenvalue weighted by Crippen LogP contribution is 2.14. The van der Waals surface area contributed by atoms with Crippen molar-refractivity contribution in [2.45, 2.75) is 13.3 Å². The first-order chi connectivity index (χ1) is 10.6. The lowest BCUT2D eigenvalue weighted by Gasteiger charge is -2.19. The largest absolute Gasteiger partial charge is 0.375 e. The zero-order valence-electron chi connectivity index (χ0n) is 13.5. The molecular formula is C18H23N3O. The first-order valence-electron chi connectivity index (χ1n) is 7.57. The molecule has 0 N–H and O–H groups in total. The molecule has 116 valence electrons. The van der Waals surface area contributed by atoms with Crippen molar-refractivity contribution in [3.05, 3.63) is 59.9 Å². The number of hydrogen-bond donors (Lipinski definition) is 0. The van der Waals surface area contributed by atoms with E-state index in [1.54, 1.807) is 17.3 Å². The van der Waals surface area contributed by atoms with Gasteiger partial charge in [0.1, 0.15) is 0 Å². The van der Waals surface area contributed by atoms with Gasteiger partial charge < -0.3 is 9.80 Å². The quantitative estimate of drug-likeness (QED) is 0.822. The first-order valence-corrected chi connectivity index (χ1v) is 7.57. The molecule has 0 saturated carbocycles. The zero-order valence-corrected chi connectivity index (χ0v) is 13.5. The number of likely N-dealkylation sites (N-methyl/N-ethyl adjacent to an activating group) is 1. The van der Waals surface area contributed by atoms with Crippen LogP contribution in [-0.4, -0.2) is 43.0 Å². The Kier molecular flexibility index (Phi) is 5.53. The second-order valence-corrected chi connectivity index (χ2v) is 5.39. The van der Waals surface area contributed by atoms with Gasteiger partial charge in [-0.05, 0) is 55.3 Å². The van der Waals surface area contributed by atoms with Crippen LogP contribution in [-0.2, 0) is 6.42 Å². The number of nitrogens with zero attached hydrogens (tertiary/aromatic N) is 3. The van der Waals surface area contributed by atoms with Crippen LogP contribution in [0, 0.1) is 0 Å². The normalized spacial score (nSPS) is 10.3. The van der Waals surface area contributed by atoms with Crippen LogP contribution in [0.2, 0.25) is 0 Å². The lowest BCUT2D eigenvalue weighted by molar-refractivity contribution is 0.0796. The third kappa shape index (κ3) is 4.07. The number of aromatic nitrogens is 1. The summed E-state index contributed by atoms with van der Waals surface area (Å²) in [7, 11) is 3.88. The van der Waals surface area contributed by atoms with E-state index in [4.69, 9.17) is 0 Å². The Hall–Kier alpha value is -2.36. The van der Waals surface area contributed by atoms with Gasteiger partial charge in [-0.1, -0.05) is 0 Å². The van der Waals surface area contributed by atoms with E-state index in [0.29, 0.717) is 6.54 Å². The van der Waals surface area contributed by atoms with E-state index >= 15 is 0 Å². The summed E-state index contributed by atoms with van der Waals surface area (Å²) in [6, 6.07) is 11.7. The maximum absolute atomic E-state index is 12.4. The van der Waals surface area contributed by atoms with E-state index in [0.717, 1.165) is 24.2 Å². The molecule has 1 amide bonds. The zero-order chi connectivity index (χ0) is 15.9. The molecule has 2 rings (SSSR count). The topological polar surface area (TPSA) is 36.4 Å². The molecule has 0 spiro atoms. The fourth-order valence-electron chi connectivity index (χ4n) is 2.21. The third-order valence-corrected chi connectivity index (χ3v) is 3.86. The Bertz CT molecular complexity index is 595. The van der Waals surface area contributed by atoms with Crippen LogP contribution in [0.4, 0.5) is 5.69 Å². The molecule has 0 bridgehead atoms. The standard InChI is InChI=1S/C18H23N3O/c1-4-20(2)17-7-5-16(6-8-17)18(22)21(3)14-11-15-9-12-19-13-10-15/h5-10,12-13H,4,11,14H2,1-3H3. The molecule has 4 heteroatoms. The summed E-state index contributed by atoms with van der Waals surface area (Å²) in [6.07, 6.45) is 4.39. The van der Waals surface area contributed by atoms with Crippen molar-refractivity contribution in [3.63, 3.8) is 0 Å². The average molecular weight is 297 g/mol. The van der Waals surface area contributed by atoms with Gasteiger partial charge in [-0.2, -0.15) is 0 Å². The Morgan fingerprint density at radius 2 is 1.68 bits per heavy atom. The predicted octanol–water partition coefficient (Wildman–Crippen LogP) is 2.85. The van der Waals surface area contributed by atoms with Crippen molar-refractivity contribution in [2.24, 2.45) is 0 Å². The molecule has 4 nitrogen and oxygen atoms in total. The van der Waals surface area contributed by atoms with Crippen molar-refractivity contribution in [1.82, 2.24) is 9.88 Å². The van der Waals surface area contributed by atoms with Gasteiger partial charge in [-0.25, -0.2) is 0 Å². The van der Waals surface area contributed by atoms with Gasteiger partial charge in [-0.15, -0.1) is 0 Å². The Morgan fingerprint density at radius 3 is 2.27 bits per heavy atom. The molecule has 1 aromatic carbocycles. The second-order valence-electron chi connectivity index (χ2n) is 5.39. The number of amides is 1. The van der Waals surface area contributed by atoms with Gasteiger partial charge >= 0.3 is 0 Å². The van der Waals surface area contributed by atoms with E-state index < -0.39 is 0 Å². The molecule has 0 aliphatic carbocycles. The third-order valence-electron chi connectivity index (χ3n) is 3.86. The molecule has 0 aliphatic heterocycles. The SMILES string of the molecule is CCN(C)c1ccc(C(=O)N(C)CCc2ccncc2)cc1. The minimum atomic E-state index is 0.0553. The monoisotopic (exact) mass is 297 g/mol. The minimum Gasteiger partial charge on any atom is -0.375 e. The molecular weight excluding hydrogens is 274 g/mol. The number of hydrogen-bond acceptors (Lipinski definition) is 3. The van der Waals surface area contributed by atoms with Crippen LogP contribution in [0.3, 0.4) is 0 Å². The van der Waals surface area contributed by atoms with Crippen LogP contribution in [0.25, 0.3) is 0 Å². The molecule has 0 saturated heterocycles. The van der Waals surface area contributed by atoms with Crippen molar-refractivity contribution < 1.29 is 4.79 Å². The number of benzene rings is 1. The fourth-order valence-corrected chi connectivity index (χ4v) is 2.21. The molecule has 1 heterocycles. The lowest BCUT2D eigenvalue weighted by Crippen LogP contribution is -2.28. The summed E-state index contributed by atoms with van der Waals surface area (Å²) in [5.41, 5.74) is 3.04. The Labute approximate surface area is 132 Å². The molecule has 0 unspecified atom stereocenters. The van der Waals surface area contributed by atoms with Gasteiger partial charge in [0, 0.05) is 50.8 Å². The van der Waals surface area contributed by atoms with E-state index in [-0.39, 0.29) is 5.91 Å². The van der Waals surface area contributed by atoms with Crippen LogP contribution in [0.1, 0.15) is 22.8 Å². The smallest absolute Gasteiger partial charge is 0.253 e. The molecule has 22 heavy (non-hydrogen) atoms. The summed E-state index contributed by atoms with van der Waals surface area (Å²) in [5.74, 6) is 0.0553. The maximum Gasteiger partial charge on any atom is 0.253 e. The van der Waals surface area contributed by atoms with E-state index in [1.807, 2.05) is 50.5 Å². The fraction of sp³-hybridized carbons (Fsp3) is 0.333. The summed E-state index contributed by atoms with van der Waals surface area (Å²) in [5, 5.41) is 0. The lowest BCUT2D eigenvalue weighted by atomic mass is 10.1. The maximum atomic E-state index is 12.4. The van der Waals surface area contributed by atoms with E-state index in [9.17, 15) is 4.79 Å². The Balaban J connectivity index is 1.95. The highest BCUT2D eigenvalue weighted by Gasteiger charge is 2.11. The van der Waals surface area contributed by atoms with Gasteiger partial charge in [0.25, 0.3) is 5.91 Å². The molecule has 2 aromatic rings. The summed E-state index contributed by atoms with van der Waals surface area (Å²) < 4.78 is 0. The average Bonchev–Trinajstić information content (AvgIpc) is 2.59. The predicted molar refractivity (Wildman–Crippen MR) is 90.3 cm³/mol. The molecule has 0 fully saturated rings. The van der Waals surface area contributed by atoms with E-state index in [1.165, 1.54) is 5.56 Å². The van der Waals surface area contributed by atoms with Crippen molar-refractivity contribution in [2.75, 3.05) is 32.1 Å². The van der Waals surface area contributed by atoms with Gasteiger partial charge in [-0.3, -0.25) is 9.78 Å². The highest BCUT2D eigenvalue weighted by atomic mass is 16.2. The molecule has 0 aliphatic rings. The first kappa shape index (κ1) is 16.0. The van der Waals surface area contributed by atoms with Crippen LogP contribution >= 0.6 is 0 Å². The van der Waals surface area contributed by atoms with E-state index in [2.05, 4.69) is 16.8 Å². The van der Waals surface area contributed by atoms with Gasteiger partial charge in [0.05, 0.1) is 0 Å². The number of anilines is 1. The van der Waals surface area contributed by atoms with Crippen molar-refractivity contribution in [3.8, 4) is 0 Å². The summed E-state index contributed by atoms with van der Waals surface area (Å²) >= 11 is 0. The molecule has 0 radical (unpaired) electrons. The van der Waals surface area contributed by atoms with Crippen LogP contribution in [0.5, 0.6) is 0 Å². The molecule has 1 aromatic heterocycles. The van der Waals surface area contributed by atoms with Crippen LogP contribution in [0.15, 0.2) is 48.8 Å². The minimum absolute atomic E-state index is 0.0553. The van der Waals surface area contributed by atoms with Crippen molar-refractivity contribution >= 4 is 11.6 Å². The number of rotatable bonds is 6. The van der Waals surface area contributed by atoms with Gasteiger partial charge in [0.2, 0.25) is 0 Å². The summed E-state index contributed by atoms with van der Waals surface area (Å²) in [6.45, 7) is 3.74. The molecule has 0 atom stereocenters. The van der Waals surface area contributed by atoms with Crippen molar-refractivity contribution in [1.29, 1.82) is 0 Å². The number of carbonyl (C=O) groups is 1. The highest BCUT2D eigenvalue weighted by molar-refractivity contribution is 5.94. The summed E-state index contributed by atoms with van der Waals surface area (Å²) in [4.78, 5) is 20.3. The Morgan fingerprint density at radius 1 is 1.05 bits per heavy atom. The number of pyridine rings is 1. The number of carbonyl (C=O) groups excluding carboxylic acids is 1.